The van der Waals surface area contributed by atoms with Gasteiger partial charge >= 0.3 is 5.97 Å². The van der Waals surface area contributed by atoms with Crippen molar-refractivity contribution in [3.63, 3.8) is 0 Å². The highest BCUT2D eigenvalue weighted by Gasteiger charge is 2.43. The van der Waals surface area contributed by atoms with E-state index in [0.29, 0.717) is 5.69 Å². The number of carbonyl (C=O) groups excluding carboxylic acids is 1. The highest BCUT2D eigenvalue weighted by molar-refractivity contribution is 5.85. The Morgan fingerprint density at radius 1 is 1.32 bits per heavy atom. The summed E-state index contributed by atoms with van der Waals surface area (Å²) in [6, 6.07) is 5.81. The summed E-state index contributed by atoms with van der Waals surface area (Å²) in [7, 11) is 2.86. The van der Waals surface area contributed by atoms with Crippen molar-refractivity contribution in [1.82, 2.24) is 0 Å². The van der Waals surface area contributed by atoms with Crippen molar-refractivity contribution >= 4 is 11.7 Å². The summed E-state index contributed by atoms with van der Waals surface area (Å²) in [6.07, 6.45) is 0. The quantitative estimate of drug-likeness (QED) is 0.806. The average molecular weight is 269 g/mol. The number of halogens is 1. The number of hydrogen-bond donors (Lipinski definition) is 1. The van der Waals surface area contributed by atoms with E-state index in [9.17, 15) is 9.18 Å². The van der Waals surface area contributed by atoms with Crippen LogP contribution in [0.5, 0.6) is 0 Å². The van der Waals surface area contributed by atoms with Gasteiger partial charge in [0.1, 0.15) is 5.82 Å². The zero-order valence-corrected chi connectivity index (χ0v) is 11.7. The number of benzene rings is 1. The first-order valence-electron chi connectivity index (χ1n) is 6.07. The molecule has 0 fully saturated rings. The molecular weight excluding hydrogens is 249 g/mol. The maximum atomic E-state index is 12.9. The Bertz CT molecular complexity index is 419. The second-order valence-electron chi connectivity index (χ2n) is 4.68. The lowest BCUT2D eigenvalue weighted by Gasteiger charge is -2.35. The zero-order chi connectivity index (χ0) is 14.5. The van der Waals surface area contributed by atoms with Crippen LogP contribution in [0.2, 0.25) is 0 Å². The monoisotopic (exact) mass is 269 g/mol. The third kappa shape index (κ3) is 3.44. The number of nitrogens with one attached hydrogen (secondary N) is 1. The third-order valence-electron chi connectivity index (χ3n) is 3.12. The molecule has 0 aliphatic rings. The fourth-order valence-electron chi connectivity index (χ4n) is 1.89. The van der Waals surface area contributed by atoms with Gasteiger partial charge in [-0.3, -0.25) is 0 Å². The molecule has 0 saturated carbocycles. The molecular formula is C14H20FNO3. The molecule has 0 spiro atoms. The van der Waals surface area contributed by atoms with E-state index in [1.807, 2.05) is 13.8 Å². The SMILES string of the molecule is COCC(Nc1ccc(F)cc1)(C(=O)OC)C(C)C. The Balaban J connectivity index is 3.08. The van der Waals surface area contributed by atoms with Crippen LogP contribution in [0.25, 0.3) is 0 Å². The van der Waals surface area contributed by atoms with E-state index < -0.39 is 11.5 Å². The Kier molecular flexibility index (Phi) is 5.30. The molecule has 4 nitrogen and oxygen atoms in total. The lowest BCUT2D eigenvalue weighted by atomic mass is 9.86. The minimum atomic E-state index is -0.999. The molecule has 19 heavy (non-hydrogen) atoms. The molecule has 0 aliphatic carbocycles. The van der Waals surface area contributed by atoms with Crippen LogP contribution in [0, 0.1) is 11.7 Å². The van der Waals surface area contributed by atoms with Crippen LogP contribution in [0.15, 0.2) is 24.3 Å². The van der Waals surface area contributed by atoms with Gasteiger partial charge in [0, 0.05) is 12.8 Å². The van der Waals surface area contributed by atoms with Crippen molar-refractivity contribution in [3.8, 4) is 0 Å². The molecule has 0 bridgehead atoms. The summed E-state index contributed by atoms with van der Waals surface area (Å²) in [5.74, 6) is -0.802. The van der Waals surface area contributed by atoms with E-state index in [4.69, 9.17) is 9.47 Å². The predicted octanol–water partition coefficient (Wildman–Crippen LogP) is 2.45. The van der Waals surface area contributed by atoms with E-state index >= 15 is 0 Å². The first-order valence-corrected chi connectivity index (χ1v) is 6.07. The summed E-state index contributed by atoms with van der Waals surface area (Å²) in [5.41, 5.74) is -0.362. The van der Waals surface area contributed by atoms with Crippen LogP contribution in [0.1, 0.15) is 13.8 Å². The second kappa shape index (κ2) is 6.52. The zero-order valence-electron chi connectivity index (χ0n) is 11.7. The summed E-state index contributed by atoms with van der Waals surface area (Å²) >= 11 is 0. The van der Waals surface area contributed by atoms with Crippen molar-refractivity contribution in [2.24, 2.45) is 5.92 Å². The van der Waals surface area contributed by atoms with Gasteiger partial charge in [-0.25, -0.2) is 9.18 Å². The largest absolute Gasteiger partial charge is 0.467 e. The molecule has 1 unspecified atom stereocenters. The molecule has 0 heterocycles. The first-order chi connectivity index (χ1) is 8.96. The van der Waals surface area contributed by atoms with Crippen molar-refractivity contribution in [2.45, 2.75) is 19.4 Å². The Morgan fingerprint density at radius 3 is 2.32 bits per heavy atom. The molecule has 5 heteroatoms. The molecule has 0 amide bonds. The van der Waals surface area contributed by atoms with Gasteiger partial charge < -0.3 is 14.8 Å². The van der Waals surface area contributed by atoms with Crippen molar-refractivity contribution in [1.29, 1.82) is 0 Å². The molecule has 1 aromatic carbocycles. The number of hydrogen-bond acceptors (Lipinski definition) is 4. The maximum Gasteiger partial charge on any atom is 0.334 e. The summed E-state index contributed by atoms with van der Waals surface area (Å²) in [6.45, 7) is 3.95. The number of rotatable bonds is 6. The van der Waals surface area contributed by atoms with Crippen LogP contribution in [-0.4, -0.2) is 32.3 Å². The second-order valence-corrected chi connectivity index (χ2v) is 4.68. The molecule has 0 aromatic heterocycles. The van der Waals surface area contributed by atoms with Crippen molar-refractivity contribution in [2.75, 3.05) is 26.1 Å². The predicted molar refractivity (Wildman–Crippen MR) is 71.5 cm³/mol. The van der Waals surface area contributed by atoms with Gasteiger partial charge in [-0.1, -0.05) is 13.8 Å². The van der Waals surface area contributed by atoms with Gasteiger partial charge in [-0.05, 0) is 30.2 Å². The van der Waals surface area contributed by atoms with Crippen LogP contribution in [0.3, 0.4) is 0 Å². The first kappa shape index (κ1) is 15.4. The topological polar surface area (TPSA) is 47.6 Å². The lowest BCUT2D eigenvalue weighted by Crippen LogP contribution is -2.55. The Labute approximate surface area is 112 Å². The minimum Gasteiger partial charge on any atom is -0.467 e. The van der Waals surface area contributed by atoms with Gasteiger partial charge in [-0.15, -0.1) is 0 Å². The average Bonchev–Trinajstić information content (AvgIpc) is 2.39. The molecule has 0 saturated heterocycles. The molecule has 0 radical (unpaired) electrons. The molecule has 106 valence electrons. The fraction of sp³-hybridized carbons (Fsp3) is 0.500. The van der Waals surface area contributed by atoms with E-state index in [0.717, 1.165) is 0 Å². The fourth-order valence-corrected chi connectivity index (χ4v) is 1.89. The molecule has 1 N–H and O–H groups in total. The van der Waals surface area contributed by atoms with E-state index in [-0.39, 0.29) is 18.3 Å². The highest BCUT2D eigenvalue weighted by Crippen LogP contribution is 2.25. The summed E-state index contributed by atoms with van der Waals surface area (Å²) < 4.78 is 22.9. The van der Waals surface area contributed by atoms with Crippen LogP contribution in [-0.2, 0) is 14.3 Å². The number of esters is 1. The van der Waals surface area contributed by atoms with E-state index in [1.54, 1.807) is 12.1 Å². The smallest absolute Gasteiger partial charge is 0.334 e. The Hall–Kier alpha value is -1.62. The van der Waals surface area contributed by atoms with Gasteiger partial charge in [0.25, 0.3) is 0 Å². The molecule has 1 atom stereocenters. The van der Waals surface area contributed by atoms with E-state index in [1.165, 1.54) is 26.4 Å². The summed E-state index contributed by atoms with van der Waals surface area (Å²) in [5, 5.41) is 3.10. The van der Waals surface area contributed by atoms with Gasteiger partial charge in [0.2, 0.25) is 0 Å². The Morgan fingerprint density at radius 2 is 1.89 bits per heavy atom. The van der Waals surface area contributed by atoms with E-state index in [2.05, 4.69) is 5.32 Å². The van der Waals surface area contributed by atoms with Gasteiger partial charge in [0.05, 0.1) is 13.7 Å². The normalized spacial score (nSPS) is 14.0. The molecule has 1 aromatic rings. The summed E-state index contributed by atoms with van der Waals surface area (Å²) in [4.78, 5) is 12.1. The van der Waals surface area contributed by atoms with Gasteiger partial charge in [0.15, 0.2) is 5.54 Å². The van der Waals surface area contributed by atoms with Crippen LogP contribution >= 0.6 is 0 Å². The van der Waals surface area contributed by atoms with Crippen molar-refractivity contribution in [3.05, 3.63) is 30.1 Å². The van der Waals surface area contributed by atoms with Crippen LogP contribution < -0.4 is 5.32 Å². The third-order valence-corrected chi connectivity index (χ3v) is 3.12. The molecule has 0 aliphatic heterocycles. The molecule has 1 rings (SSSR count). The lowest BCUT2D eigenvalue weighted by molar-refractivity contribution is -0.150. The number of carbonyl (C=O) groups is 1. The van der Waals surface area contributed by atoms with Crippen LogP contribution in [0.4, 0.5) is 10.1 Å². The number of methoxy groups -OCH3 is 2. The highest BCUT2D eigenvalue weighted by atomic mass is 19.1. The standard InChI is InChI=1S/C14H20FNO3/c1-10(2)14(9-18-3,13(17)19-4)16-12-7-5-11(15)6-8-12/h5-8,10,16H,9H2,1-4H3. The van der Waals surface area contributed by atoms with Crippen molar-refractivity contribution < 1.29 is 18.7 Å². The minimum absolute atomic E-state index is 0.0649. The van der Waals surface area contributed by atoms with Gasteiger partial charge in [-0.2, -0.15) is 0 Å². The number of ether oxygens (including phenoxy) is 2. The number of anilines is 1. The maximum absolute atomic E-state index is 12.9.